The zero-order chi connectivity index (χ0) is 22.3. The third-order valence-electron chi connectivity index (χ3n) is 5.86. The smallest absolute Gasteiger partial charge is 0.251 e. The Balaban J connectivity index is 1.60. The minimum absolute atomic E-state index is 0.101. The van der Waals surface area contributed by atoms with E-state index in [0.29, 0.717) is 19.0 Å². The van der Waals surface area contributed by atoms with Gasteiger partial charge in [-0.2, -0.15) is 0 Å². The fourth-order valence-corrected chi connectivity index (χ4v) is 4.30. The van der Waals surface area contributed by atoms with E-state index in [2.05, 4.69) is 27.0 Å². The zero-order valence-corrected chi connectivity index (χ0v) is 18.7. The lowest BCUT2D eigenvalue weighted by Gasteiger charge is -2.35. The van der Waals surface area contributed by atoms with E-state index >= 15 is 0 Å². The van der Waals surface area contributed by atoms with Gasteiger partial charge in [0.25, 0.3) is 5.56 Å². The van der Waals surface area contributed by atoms with Crippen molar-refractivity contribution in [2.45, 2.75) is 45.4 Å². The number of aromatic amines is 1. The van der Waals surface area contributed by atoms with Crippen LogP contribution in [0.4, 0.5) is 0 Å². The average Bonchev–Trinajstić information content (AvgIpc) is 2.83. The van der Waals surface area contributed by atoms with Gasteiger partial charge in [-0.25, -0.2) is 4.98 Å². The van der Waals surface area contributed by atoms with E-state index in [9.17, 15) is 4.79 Å². The Morgan fingerprint density at radius 2 is 2.00 bits per heavy atom. The summed E-state index contributed by atoms with van der Waals surface area (Å²) in [6.07, 6.45) is 6.66. The third-order valence-corrected chi connectivity index (χ3v) is 5.86. The Labute approximate surface area is 188 Å². The second-order valence-electron chi connectivity index (χ2n) is 8.02. The summed E-state index contributed by atoms with van der Waals surface area (Å²) < 4.78 is 11.1. The average molecular weight is 435 g/mol. The number of ether oxygens (including phenoxy) is 2. The van der Waals surface area contributed by atoms with Crippen LogP contribution in [0, 0.1) is 0 Å². The number of hydrogen-bond acceptors (Lipinski definition) is 6. The SMILES string of the molecule is CCOCc1cc(CN2CCCC[C@H]2c2cc(=O)[nH]c(-c3ccncc3)n2)ccc1OC. The summed E-state index contributed by atoms with van der Waals surface area (Å²) in [6, 6.07) is 11.7. The van der Waals surface area contributed by atoms with Crippen LogP contribution in [0.2, 0.25) is 0 Å². The van der Waals surface area contributed by atoms with Crippen LogP contribution in [0.5, 0.6) is 5.75 Å². The minimum atomic E-state index is -0.129. The second-order valence-corrected chi connectivity index (χ2v) is 8.02. The van der Waals surface area contributed by atoms with Crippen LogP contribution in [-0.2, 0) is 17.9 Å². The Kier molecular flexibility index (Phi) is 7.29. The first-order chi connectivity index (χ1) is 15.7. The first kappa shape index (κ1) is 22.2. The summed E-state index contributed by atoms with van der Waals surface area (Å²) in [5.41, 5.74) is 3.80. The minimum Gasteiger partial charge on any atom is -0.496 e. The molecule has 7 heteroatoms. The molecule has 1 atom stereocenters. The molecule has 1 fully saturated rings. The first-order valence-electron chi connectivity index (χ1n) is 11.2. The highest BCUT2D eigenvalue weighted by Gasteiger charge is 2.26. The Hall–Kier alpha value is -3.03. The maximum Gasteiger partial charge on any atom is 0.251 e. The van der Waals surface area contributed by atoms with E-state index in [0.717, 1.165) is 54.9 Å². The van der Waals surface area contributed by atoms with Crippen molar-refractivity contribution in [3.8, 4) is 17.1 Å². The predicted molar refractivity (Wildman–Crippen MR) is 123 cm³/mol. The van der Waals surface area contributed by atoms with Crippen LogP contribution >= 0.6 is 0 Å². The van der Waals surface area contributed by atoms with Gasteiger partial charge in [-0.05, 0) is 56.1 Å². The van der Waals surface area contributed by atoms with Crippen molar-refractivity contribution < 1.29 is 9.47 Å². The molecule has 0 aliphatic carbocycles. The molecule has 0 radical (unpaired) electrons. The maximum absolute atomic E-state index is 12.5. The number of pyridine rings is 1. The van der Waals surface area contributed by atoms with Gasteiger partial charge in [-0.15, -0.1) is 0 Å². The molecule has 1 aromatic carbocycles. The number of rotatable bonds is 8. The number of methoxy groups -OCH3 is 1. The Bertz CT molecular complexity index is 1080. The van der Waals surface area contributed by atoms with E-state index in [-0.39, 0.29) is 11.6 Å². The molecular weight excluding hydrogens is 404 g/mol. The van der Waals surface area contributed by atoms with E-state index < -0.39 is 0 Å². The first-order valence-corrected chi connectivity index (χ1v) is 11.2. The van der Waals surface area contributed by atoms with Crippen molar-refractivity contribution in [1.82, 2.24) is 19.9 Å². The fourth-order valence-electron chi connectivity index (χ4n) is 4.30. The lowest BCUT2D eigenvalue weighted by molar-refractivity contribution is 0.130. The van der Waals surface area contributed by atoms with Gasteiger partial charge >= 0.3 is 0 Å². The molecule has 3 aromatic rings. The summed E-state index contributed by atoms with van der Waals surface area (Å²) >= 11 is 0. The maximum atomic E-state index is 12.5. The highest BCUT2D eigenvalue weighted by molar-refractivity contribution is 5.53. The quantitative estimate of drug-likeness (QED) is 0.575. The number of benzene rings is 1. The van der Waals surface area contributed by atoms with Gasteiger partial charge in [0.1, 0.15) is 11.6 Å². The van der Waals surface area contributed by atoms with Crippen LogP contribution in [0.15, 0.2) is 53.6 Å². The molecule has 1 saturated heterocycles. The normalized spacial score (nSPS) is 16.8. The summed E-state index contributed by atoms with van der Waals surface area (Å²) in [5.74, 6) is 1.43. The standard InChI is InChI=1S/C25H30N4O3/c1-3-32-17-20-14-18(7-8-23(20)31-2)16-29-13-5-4-6-22(29)21-15-24(30)28-25(27-21)19-9-11-26-12-10-19/h7-12,14-15,22H,3-6,13,16-17H2,1-2H3,(H,27,28,30)/t22-/m0/s1. The number of piperidine rings is 1. The highest BCUT2D eigenvalue weighted by atomic mass is 16.5. The van der Waals surface area contributed by atoms with Crippen molar-refractivity contribution in [3.05, 3.63) is 76.0 Å². The van der Waals surface area contributed by atoms with Crippen LogP contribution in [0.1, 0.15) is 49.0 Å². The number of H-pyrrole nitrogens is 1. The highest BCUT2D eigenvalue weighted by Crippen LogP contribution is 2.32. The van der Waals surface area contributed by atoms with Crippen LogP contribution in [0.3, 0.4) is 0 Å². The molecule has 2 aromatic heterocycles. The van der Waals surface area contributed by atoms with E-state index in [4.69, 9.17) is 14.5 Å². The largest absolute Gasteiger partial charge is 0.496 e. The molecule has 0 bridgehead atoms. The molecule has 1 aliphatic heterocycles. The molecular formula is C25H30N4O3. The summed E-state index contributed by atoms with van der Waals surface area (Å²) in [7, 11) is 1.68. The van der Waals surface area contributed by atoms with Crippen molar-refractivity contribution in [3.63, 3.8) is 0 Å². The Morgan fingerprint density at radius 3 is 2.78 bits per heavy atom. The summed E-state index contributed by atoms with van der Waals surface area (Å²) in [6.45, 7) is 4.93. The van der Waals surface area contributed by atoms with E-state index in [1.54, 1.807) is 25.6 Å². The van der Waals surface area contributed by atoms with Gasteiger partial charge in [0.15, 0.2) is 0 Å². The van der Waals surface area contributed by atoms with Gasteiger partial charge in [0.05, 0.1) is 25.5 Å². The second kappa shape index (κ2) is 10.5. The molecule has 4 rings (SSSR count). The van der Waals surface area contributed by atoms with Crippen LogP contribution < -0.4 is 10.3 Å². The van der Waals surface area contributed by atoms with Gasteiger partial charge in [0, 0.05) is 42.7 Å². The molecule has 0 amide bonds. The monoisotopic (exact) mass is 434 g/mol. The van der Waals surface area contributed by atoms with E-state index in [1.807, 2.05) is 25.1 Å². The summed E-state index contributed by atoms with van der Waals surface area (Å²) in [4.78, 5) is 26.6. The predicted octanol–water partition coefficient (Wildman–Crippen LogP) is 4.10. The lowest BCUT2D eigenvalue weighted by atomic mass is 9.97. The van der Waals surface area contributed by atoms with Crippen LogP contribution in [-0.4, -0.2) is 40.1 Å². The molecule has 0 saturated carbocycles. The van der Waals surface area contributed by atoms with Gasteiger partial charge in [0.2, 0.25) is 0 Å². The van der Waals surface area contributed by atoms with Gasteiger partial charge in [-0.3, -0.25) is 14.7 Å². The topological polar surface area (TPSA) is 80.3 Å². The number of likely N-dealkylation sites (tertiary alicyclic amines) is 1. The summed E-state index contributed by atoms with van der Waals surface area (Å²) in [5, 5.41) is 0. The van der Waals surface area contributed by atoms with E-state index in [1.165, 1.54) is 5.56 Å². The Morgan fingerprint density at radius 1 is 1.16 bits per heavy atom. The molecule has 0 spiro atoms. The van der Waals surface area contributed by atoms with Crippen molar-refractivity contribution in [2.24, 2.45) is 0 Å². The van der Waals surface area contributed by atoms with Crippen LogP contribution in [0.25, 0.3) is 11.4 Å². The molecule has 1 N–H and O–H groups in total. The molecule has 0 unspecified atom stereocenters. The molecule has 7 nitrogen and oxygen atoms in total. The molecule has 32 heavy (non-hydrogen) atoms. The number of nitrogens with zero attached hydrogens (tertiary/aromatic N) is 3. The number of aromatic nitrogens is 3. The number of hydrogen-bond donors (Lipinski definition) is 1. The lowest BCUT2D eigenvalue weighted by Crippen LogP contribution is -2.34. The third kappa shape index (κ3) is 5.23. The zero-order valence-electron chi connectivity index (χ0n) is 18.7. The van der Waals surface area contributed by atoms with Crippen molar-refractivity contribution >= 4 is 0 Å². The van der Waals surface area contributed by atoms with Crippen molar-refractivity contribution in [1.29, 1.82) is 0 Å². The molecule has 1 aliphatic rings. The fraction of sp³-hybridized carbons (Fsp3) is 0.400. The molecule has 168 valence electrons. The number of nitrogens with one attached hydrogen (secondary N) is 1. The molecule has 3 heterocycles. The van der Waals surface area contributed by atoms with Crippen molar-refractivity contribution in [2.75, 3.05) is 20.3 Å². The van der Waals surface area contributed by atoms with Gasteiger partial charge in [-0.1, -0.05) is 12.5 Å². The van der Waals surface area contributed by atoms with Gasteiger partial charge < -0.3 is 14.5 Å².